The van der Waals surface area contributed by atoms with Gasteiger partial charge in [-0.25, -0.2) is 0 Å². The minimum absolute atomic E-state index is 0.104. The summed E-state index contributed by atoms with van der Waals surface area (Å²) in [6.07, 6.45) is 9.42. The van der Waals surface area contributed by atoms with E-state index in [9.17, 15) is 0 Å². The van der Waals surface area contributed by atoms with E-state index in [4.69, 9.17) is 5.10 Å². The van der Waals surface area contributed by atoms with E-state index in [2.05, 4.69) is 95.9 Å². The van der Waals surface area contributed by atoms with E-state index in [1.807, 2.05) is 0 Å². The third kappa shape index (κ3) is 3.61. The molecule has 1 atom stereocenters. The number of aromatic nitrogens is 3. The van der Waals surface area contributed by atoms with Crippen LogP contribution < -0.4 is 10.7 Å². The summed E-state index contributed by atoms with van der Waals surface area (Å²) in [7, 11) is 2.21. The second-order valence-corrected chi connectivity index (χ2v) is 10.9. The maximum absolute atomic E-state index is 4.81. The van der Waals surface area contributed by atoms with Crippen LogP contribution in [0.25, 0.3) is 28.3 Å². The number of hydrogen-bond acceptors (Lipinski definition) is 3. The van der Waals surface area contributed by atoms with Crippen molar-refractivity contribution in [2.24, 2.45) is 0 Å². The lowest BCUT2D eigenvalue weighted by atomic mass is 9.90. The Kier molecular flexibility index (Phi) is 5.15. The van der Waals surface area contributed by atoms with Crippen LogP contribution in [-0.4, -0.2) is 39.4 Å². The number of hydrogen-bond donors (Lipinski definition) is 1. The van der Waals surface area contributed by atoms with Crippen molar-refractivity contribution in [3.05, 3.63) is 83.8 Å². The average molecular weight is 466 g/mol. The lowest BCUT2D eigenvalue weighted by Crippen LogP contribution is -2.43. The van der Waals surface area contributed by atoms with Crippen molar-refractivity contribution in [3.8, 4) is 0 Å². The van der Waals surface area contributed by atoms with Crippen molar-refractivity contribution in [1.29, 1.82) is 0 Å². The van der Waals surface area contributed by atoms with Gasteiger partial charge in [0, 0.05) is 53.2 Å². The minimum Gasteiger partial charge on any atom is -0.362 e. The summed E-state index contributed by atoms with van der Waals surface area (Å²) in [6, 6.07) is 11.4. The molecule has 4 aromatic rings. The van der Waals surface area contributed by atoms with Crippen molar-refractivity contribution < 1.29 is 0 Å². The summed E-state index contributed by atoms with van der Waals surface area (Å²) in [5.74, 6) is 0. The monoisotopic (exact) mass is 465 g/mol. The quantitative estimate of drug-likeness (QED) is 0.456. The molecule has 2 aliphatic heterocycles. The Hall–Kier alpha value is -3.31. The molecule has 1 unspecified atom stereocenters. The third-order valence-electron chi connectivity index (χ3n) is 8.39. The smallest absolute Gasteiger partial charge is 0.0738 e. The van der Waals surface area contributed by atoms with E-state index in [1.54, 1.807) is 0 Å². The fourth-order valence-corrected chi connectivity index (χ4v) is 6.11. The van der Waals surface area contributed by atoms with Crippen molar-refractivity contribution >= 4 is 28.3 Å². The first kappa shape index (κ1) is 22.2. The number of rotatable bonds is 4. The molecule has 0 bridgehead atoms. The van der Waals surface area contributed by atoms with Crippen LogP contribution in [-0.2, 0) is 12.0 Å². The molecule has 5 heteroatoms. The van der Waals surface area contributed by atoms with Gasteiger partial charge in [0.05, 0.1) is 23.3 Å². The predicted molar refractivity (Wildman–Crippen MR) is 145 cm³/mol. The van der Waals surface area contributed by atoms with Crippen LogP contribution in [0.3, 0.4) is 0 Å². The van der Waals surface area contributed by atoms with E-state index in [0.29, 0.717) is 0 Å². The van der Waals surface area contributed by atoms with Crippen LogP contribution in [0.5, 0.6) is 0 Å². The Morgan fingerprint density at radius 3 is 2.63 bits per heavy atom. The molecular weight excluding hydrogens is 430 g/mol. The fourth-order valence-electron chi connectivity index (χ4n) is 6.11. The molecule has 2 aromatic carbocycles. The van der Waals surface area contributed by atoms with E-state index in [1.165, 1.54) is 32.8 Å². The van der Waals surface area contributed by atoms with Gasteiger partial charge in [0.1, 0.15) is 0 Å². The van der Waals surface area contributed by atoms with E-state index in [0.717, 1.165) is 61.9 Å². The summed E-state index contributed by atoms with van der Waals surface area (Å²) in [6.45, 7) is 17.5. The van der Waals surface area contributed by atoms with Gasteiger partial charge in [-0.05, 0) is 62.2 Å². The van der Waals surface area contributed by atoms with Crippen molar-refractivity contribution in [2.45, 2.75) is 50.6 Å². The normalized spacial score (nSPS) is 21.1. The molecule has 2 fully saturated rings. The second kappa shape index (κ2) is 8.13. The highest BCUT2D eigenvalue weighted by molar-refractivity contribution is 6.11. The number of allylic oxidation sites excluding steroid dienone is 2. The van der Waals surface area contributed by atoms with Gasteiger partial charge < -0.3 is 14.8 Å². The lowest BCUT2D eigenvalue weighted by molar-refractivity contribution is 0.133. The van der Waals surface area contributed by atoms with Crippen LogP contribution >= 0.6 is 0 Å². The Balaban J connectivity index is 1.37. The van der Waals surface area contributed by atoms with Crippen molar-refractivity contribution in [2.75, 3.05) is 20.1 Å². The molecule has 35 heavy (non-hydrogen) atoms. The summed E-state index contributed by atoms with van der Waals surface area (Å²) in [5, 5.41) is 13.1. The molecule has 6 rings (SSSR count). The SMILES string of the molecule is C=C1CCC(n2c(=C)c3cccc4c(Cc5cnn(C6(C)CCN(C)CC6)c5)ccc2c43)C(=C)N1. The topological polar surface area (TPSA) is 38.0 Å². The van der Waals surface area contributed by atoms with Gasteiger partial charge >= 0.3 is 0 Å². The van der Waals surface area contributed by atoms with Crippen LogP contribution in [0, 0.1) is 0 Å². The largest absolute Gasteiger partial charge is 0.362 e. The first-order valence-electron chi connectivity index (χ1n) is 12.7. The standard InChI is InChI=1S/C30H35N5/c1-20-9-11-27(21(2)32-20)35-22(3)25-7-6-8-26-24(10-12-28(35)29(25)26)17-23-18-31-34(19-23)30(4)13-15-33(5)16-14-30/h6-8,10,12,18-19,27,32H,1-3,9,11,13-17H2,4-5H3. The molecule has 0 spiro atoms. The molecule has 0 aliphatic carbocycles. The number of piperidine rings is 2. The van der Waals surface area contributed by atoms with Crippen LogP contribution in [0.1, 0.15) is 49.8 Å². The van der Waals surface area contributed by atoms with Gasteiger partial charge in [-0.3, -0.25) is 4.68 Å². The number of nitrogens with zero attached hydrogens (tertiary/aromatic N) is 4. The minimum atomic E-state index is 0.104. The number of likely N-dealkylation sites (tertiary alicyclic amines) is 1. The molecule has 5 nitrogen and oxygen atoms in total. The summed E-state index contributed by atoms with van der Waals surface area (Å²) < 4.78 is 4.59. The lowest BCUT2D eigenvalue weighted by Gasteiger charge is -2.38. The van der Waals surface area contributed by atoms with Crippen LogP contribution in [0.2, 0.25) is 0 Å². The molecule has 2 aliphatic rings. The Bertz CT molecular complexity index is 1490. The van der Waals surface area contributed by atoms with Crippen LogP contribution in [0.15, 0.2) is 67.3 Å². The number of benzene rings is 2. The van der Waals surface area contributed by atoms with Gasteiger partial charge in [0.2, 0.25) is 0 Å². The third-order valence-corrected chi connectivity index (χ3v) is 8.39. The summed E-state index contributed by atoms with van der Waals surface area (Å²) >= 11 is 0. The zero-order chi connectivity index (χ0) is 24.3. The molecule has 0 amide bonds. The Morgan fingerprint density at radius 2 is 1.86 bits per heavy atom. The molecule has 180 valence electrons. The molecule has 4 heterocycles. The van der Waals surface area contributed by atoms with Crippen molar-refractivity contribution in [1.82, 2.24) is 24.6 Å². The maximum atomic E-state index is 4.81. The second-order valence-electron chi connectivity index (χ2n) is 10.9. The van der Waals surface area contributed by atoms with Gasteiger partial charge in [-0.1, -0.05) is 44.0 Å². The highest BCUT2D eigenvalue weighted by Crippen LogP contribution is 2.35. The predicted octanol–water partition coefficient (Wildman–Crippen LogP) is 5.10. The zero-order valence-electron chi connectivity index (χ0n) is 21.0. The van der Waals surface area contributed by atoms with E-state index >= 15 is 0 Å². The molecular formula is C30H35N5. The Labute approximate surface area is 207 Å². The highest BCUT2D eigenvalue weighted by Gasteiger charge is 2.31. The molecule has 2 aromatic heterocycles. The first-order chi connectivity index (χ1) is 16.8. The van der Waals surface area contributed by atoms with E-state index < -0.39 is 0 Å². The summed E-state index contributed by atoms with van der Waals surface area (Å²) in [4.78, 5) is 2.41. The zero-order valence-corrected chi connectivity index (χ0v) is 21.0. The Morgan fingerprint density at radius 1 is 1.09 bits per heavy atom. The highest BCUT2D eigenvalue weighted by atomic mass is 15.3. The molecule has 1 N–H and O–H groups in total. The summed E-state index contributed by atoms with van der Waals surface area (Å²) in [5.41, 5.74) is 5.99. The first-order valence-corrected chi connectivity index (χ1v) is 12.7. The van der Waals surface area contributed by atoms with Gasteiger partial charge in [0.25, 0.3) is 0 Å². The average Bonchev–Trinajstić information content (AvgIpc) is 3.43. The maximum Gasteiger partial charge on any atom is 0.0738 e. The van der Waals surface area contributed by atoms with Gasteiger partial charge in [-0.2, -0.15) is 5.10 Å². The van der Waals surface area contributed by atoms with E-state index in [-0.39, 0.29) is 11.6 Å². The molecule has 2 saturated heterocycles. The molecule has 0 saturated carbocycles. The fraction of sp³-hybridized carbons (Fsp3) is 0.367. The molecule has 0 radical (unpaired) electrons. The van der Waals surface area contributed by atoms with Crippen LogP contribution in [0.4, 0.5) is 0 Å². The van der Waals surface area contributed by atoms with Crippen molar-refractivity contribution in [3.63, 3.8) is 0 Å². The van der Waals surface area contributed by atoms with Gasteiger partial charge in [-0.15, -0.1) is 0 Å². The van der Waals surface area contributed by atoms with Gasteiger partial charge in [0.15, 0.2) is 0 Å². The number of nitrogens with one attached hydrogen (secondary N) is 1.